The van der Waals surface area contributed by atoms with Crippen LogP contribution in [0.3, 0.4) is 0 Å². The highest BCUT2D eigenvalue weighted by Gasteiger charge is 2.35. The van der Waals surface area contributed by atoms with Gasteiger partial charge in [-0.25, -0.2) is 4.98 Å². The van der Waals surface area contributed by atoms with Crippen LogP contribution in [0, 0.1) is 0 Å². The molecular weight excluding hydrogens is 291 g/mol. The summed E-state index contributed by atoms with van der Waals surface area (Å²) in [5, 5.41) is 2.70. The molecule has 1 rings (SSSR count). The van der Waals surface area contributed by atoms with E-state index in [1.807, 2.05) is 0 Å². The van der Waals surface area contributed by atoms with Gasteiger partial charge in [-0.1, -0.05) is 0 Å². The van der Waals surface area contributed by atoms with E-state index >= 15 is 0 Å². The molecular formula is C12H18F3N3O3. The summed E-state index contributed by atoms with van der Waals surface area (Å²) in [4.78, 5) is 6.73. The van der Waals surface area contributed by atoms with Gasteiger partial charge >= 0.3 is 6.18 Å². The molecule has 0 saturated heterocycles. The van der Waals surface area contributed by atoms with Gasteiger partial charge in [0.1, 0.15) is 12.4 Å². The summed E-state index contributed by atoms with van der Waals surface area (Å²) in [6.07, 6.45) is -4.63. The molecule has 1 heterocycles. The molecule has 120 valence electrons. The molecule has 1 aromatic rings. The SMILES string of the molecule is CCNc1cc(OCCOCCOC)nc(C(F)(F)F)n1. The van der Waals surface area contributed by atoms with Gasteiger partial charge in [0.15, 0.2) is 0 Å². The normalized spacial score (nSPS) is 11.5. The van der Waals surface area contributed by atoms with Crippen molar-refractivity contribution in [1.29, 1.82) is 0 Å². The molecule has 0 amide bonds. The topological polar surface area (TPSA) is 65.5 Å². The maximum atomic E-state index is 12.7. The number of nitrogens with zero attached hydrogens (tertiary/aromatic N) is 2. The number of anilines is 1. The molecule has 0 radical (unpaired) electrons. The third-order valence-electron chi connectivity index (χ3n) is 2.22. The first-order valence-electron chi connectivity index (χ1n) is 6.37. The van der Waals surface area contributed by atoms with E-state index in [1.54, 1.807) is 14.0 Å². The molecule has 0 fully saturated rings. The highest BCUT2D eigenvalue weighted by molar-refractivity contribution is 5.38. The number of hydrogen-bond acceptors (Lipinski definition) is 6. The summed E-state index contributed by atoms with van der Waals surface area (Å²) in [5.41, 5.74) is 0. The van der Waals surface area contributed by atoms with Gasteiger partial charge in [-0.15, -0.1) is 0 Å². The van der Waals surface area contributed by atoms with Crippen LogP contribution in [0.1, 0.15) is 12.7 Å². The maximum Gasteiger partial charge on any atom is 0.451 e. The fourth-order valence-corrected chi connectivity index (χ4v) is 1.35. The Labute approximate surface area is 120 Å². The monoisotopic (exact) mass is 309 g/mol. The van der Waals surface area contributed by atoms with E-state index in [9.17, 15) is 13.2 Å². The molecule has 0 bridgehead atoms. The van der Waals surface area contributed by atoms with Crippen molar-refractivity contribution in [2.75, 3.05) is 45.4 Å². The second kappa shape index (κ2) is 8.63. The zero-order valence-corrected chi connectivity index (χ0v) is 11.9. The number of ether oxygens (including phenoxy) is 3. The number of alkyl halides is 3. The van der Waals surface area contributed by atoms with Crippen LogP contribution in [-0.2, 0) is 15.7 Å². The van der Waals surface area contributed by atoms with Crippen LogP contribution in [-0.4, -0.2) is 50.1 Å². The minimum Gasteiger partial charge on any atom is -0.475 e. The first kappa shape index (κ1) is 17.4. The summed E-state index contributed by atoms with van der Waals surface area (Å²) in [6, 6.07) is 1.31. The molecule has 9 heteroatoms. The Balaban J connectivity index is 2.61. The first-order valence-corrected chi connectivity index (χ1v) is 6.37. The summed E-state index contributed by atoms with van der Waals surface area (Å²) >= 11 is 0. The van der Waals surface area contributed by atoms with Crippen molar-refractivity contribution in [3.05, 3.63) is 11.9 Å². The van der Waals surface area contributed by atoms with Gasteiger partial charge in [0.25, 0.3) is 0 Å². The van der Waals surface area contributed by atoms with Crippen LogP contribution in [0.4, 0.5) is 19.0 Å². The van der Waals surface area contributed by atoms with Crippen molar-refractivity contribution in [3.63, 3.8) is 0 Å². The standard InChI is InChI=1S/C12H18F3N3O3/c1-3-16-9-8-10(18-11(17-9)12(13,14)15)21-7-6-20-5-4-19-2/h8H,3-7H2,1-2H3,(H,16,17,18). The minimum atomic E-state index is -4.63. The second-order valence-corrected chi connectivity index (χ2v) is 3.90. The Kier molecular flexibility index (Phi) is 7.17. The molecule has 21 heavy (non-hydrogen) atoms. The molecule has 1 aromatic heterocycles. The number of methoxy groups -OCH3 is 1. The van der Waals surface area contributed by atoms with Crippen molar-refractivity contribution in [2.45, 2.75) is 13.1 Å². The van der Waals surface area contributed by atoms with Crippen molar-refractivity contribution in [1.82, 2.24) is 9.97 Å². The Hall–Kier alpha value is -1.61. The number of aromatic nitrogens is 2. The number of hydrogen-bond donors (Lipinski definition) is 1. The van der Waals surface area contributed by atoms with Crippen molar-refractivity contribution >= 4 is 5.82 Å². The van der Waals surface area contributed by atoms with E-state index in [4.69, 9.17) is 14.2 Å². The summed E-state index contributed by atoms with van der Waals surface area (Å²) in [6.45, 7) is 3.33. The van der Waals surface area contributed by atoms with E-state index in [0.29, 0.717) is 19.8 Å². The molecule has 0 aliphatic rings. The summed E-state index contributed by atoms with van der Waals surface area (Å²) in [5.74, 6) is -1.32. The molecule has 0 atom stereocenters. The van der Waals surface area contributed by atoms with Crippen molar-refractivity contribution in [3.8, 4) is 5.88 Å². The summed E-state index contributed by atoms with van der Waals surface area (Å²) < 4.78 is 53.1. The fourth-order valence-electron chi connectivity index (χ4n) is 1.35. The van der Waals surface area contributed by atoms with Crippen LogP contribution in [0.15, 0.2) is 6.07 Å². The van der Waals surface area contributed by atoms with Gasteiger partial charge in [0.05, 0.1) is 19.8 Å². The first-order chi connectivity index (χ1) is 9.97. The Morgan fingerprint density at radius 2 is 1.86 bits per heavy atom. The Bertz CT molecular complexity index is 430. The lowest BCUT2D eigenvalue weighted by Crippen LogP contribution is -2.15. The van der Waals surface area contributed by atoms with E-state index < -0.39 is 12.0 Å². The predicted octanol–water partition coefficient (Wildman–Crippen LogP) is 1.97. The lowest BCUT2D eigenvalue weighted by molar-refractivity contribution is -0.145. The number of rotatable bonds is 9. The average molecular weight is 309 g/mol. The predicted molar refractivity (Wildman–Crippen MR) is 69.4 cm³/mol. The second-order valence-electron chi connectivity index (χ2n) is 3.90. The maximum absolute atomic E-state index is 12.7. The van der Waals surface area contributed by atoms with Gasteiger partial charge in [-0.3, -0.25) is 0 Å². The van der Waals surface area contributed by atoms with Gasteiger partial charge in [0.2, 0.25) is 11.7 Å². The smallest absolute Gasteiger partial charge is 0.451 e. The molecule has 0 saturated carbocycles. The fraction of sp³-hybridized carbons (Fsp3) is 0.667. The quantitative estimate of drug-likeness (QED) is 0.704. The Morgan fingerprint density at radius 1 is 1.14 bits per heavy atom. The van der Waals surface area contributed by atoms with E-state index in [-0.39, 0.29) is 24.9 Å². The molecule has 0 aliphatic heterocycles. The lowest BCUT2D eigenvalue weighted by atomic mass is 10.5. The van der Waals surface area contributed by atoms with E-state index in [0.717, 1.165) is 0 Å². The van der Waals surface area contributed by atoms with Crippen LogP contribution in [0.5, 0.6) is 5.88 Å². The number of halogens is 3. The van der Waals surface area contributed by atoms with Crippen molar-refractivity contribution in [2.24, 2.45) is 0 Å². The molecule has 0 aliphatic carbocycles. The van der Waals surface area contributed by atoms with E-state index in [2.05, 4.69) is 15.3 Å². The van der Waals surface area contributed by atoms with Gasteiger partial charge in [-0.05, 0) is 6.92 Å². The van der Waals surface area contributed by atoms with Crippen LogP contribution in [0.25, 0.3) is 0 Å². The molecule has 0 unspecified atom stereocenters. The van der Waals surface area contributed by atoms with Crippen LogP contribution in [0.2, 0.25) is 0 Å². The minimum absolute atomic E-state index is 0.0649. The third kappa shape index (κ3) is 6.58. The molecule has 0 aromatic carbocycles. The zero-order chi connectivity index (χ0) is 15.7. The van der Waals surface area contributed by atoms with Gasteiger partial charge in [0, 0.05) is 19.7 Å². The van der Waals surface area contributed by atoms with Gasteiger partial charge in [-0.2, -0.15) is 18.2 Å². The zero-order valence-electron chi connectivity index (χ0n) is 11.9. The van der Waals surface area contributed by atoms with E-state index in [1.165, 1.54) is 6.07 Å². The average Bonchev–Trinajstić information content (AvgIpc) is 2.42. The van der Waals surface area contributed by atoms with Crippen LogP contribution >= 0.6 is 0 Å². The number of nitrogens with one attached hydrogen (secondary N) is 1. The summed E-state index contributed by atoms with van der Waals surface area (Å²) in [7, 11) is 1.54. The molecule has 6 nitrogen and oxygen atoms in total. The molecule has 1 N–H and O–H groups in total. The largest absolute Gasteiger partial charge is 0.475 e. The van der Waals surface area contributed by atoms with Crippen LogP contribution < -0.4 is 10.1 Å². The molecule has 0 spiro atoms. The Morgan fingerprint density at radius 3 is 2.48 bits per heavy atom. The highest BCUT2D eigenvalue weighted by Crippen LogP contribution is 2.28. The lowest BCUT2D eigenvalue weighted by Gasteiger charge is -2.11. The van der Waals surface area contributed by atoms with Gasteiger partial charge < -0.3 is 19.5 Å². The third-order valence-corrected chi connectivity index (χ3v) is 2.22. The van der Waals surface area contributed by atoms with Crippen molar-refractivity contribution < 1.29 is 27.4 Å². The highest BCUT2D eigenvalue weighted by atomic mass is 19.4.